The third-order valence-corrected chi connectivity index (χ3v) is 6.25. The average molecular weight is 371 g/mol. The molecule has 1 aromatic heterocycles. The highest BCUT2D eigenvalue weighted by atomic mass is 16.2. The fourth-order valence-corrected chi connectivity index (χ4v) is 4.84. The number of carbonyl (C=O) groups is 1. The van der Waals surface area contributed by atoms with Gasteiger partial charge < -0.3 is 4.90 Å². The van der Waals surface area contributed by atoms with Crippen molar-refractivity contribution in [2.45, 2.75) is 25.4 Å². The first-order valence-electron chi connectivity index (χ1n) is 10.2. The number of aromatic nitrogens is 1. The molecule has 0 aliphatic carbocycles. The molecule has 0 saturated carbocycles. The van der Waals surface area contributed by atoms with Crippen LogP contribution in [0.25, 0.3) is 10.8 Å². The van der Waals surface area contributed by atoms with Crippen LogP contribution in [-0.2, 0) is 6.54 Å². The van der Waals surface area contributed by atoms with Crippen LogP contribution in [0.2, 0.25) is 0 Å². The lowest BCUT2D eigenvalue weighted by Gasteiger charge is -2.36. The van der Waals surface area contributed by atoms with Crippen molar-refractivity contribution in [3.05, 3.63) is 78.1 Å². The Morgan fingerprint density at radius 3 is 2.75 bits per heavy atom. The molecule has 6 rings (SSSR count). The van der Waals surface area contributed by atoms with Gasteiger partial charge in [0.25, 0.3) is 5.91 Å². The highest BCUT2D eigenvalue weighted by Gasteiger charge is 2.36. The quantitative estimate of drug-likeness (QED) is 0.699. The molecule has 0 unspecified atom stereocenters. The van der Waals surface area contributed by atoms with E-state index in [1.54, 1.807) is 6.20 Å². The number of pyridine rings is 1. The number of hydrogen-bond donors (Lipinski definition) is 0. The van der Waals surface area contributed by atoms with E-state index < -0.39 is 0 Å². The zero-order valence-electron chi connectivity index (χ0n) is 16.0. The molecule has 3 saturated heterocycles. The van der Waals surface area contributed by atoms with Crippen molar-refractivity contribution in [3.63, 3.8) is 0 Å². The van der Waals surface area contributed by atoms with Crippen molar-refractivity contribution in [1.82, 2.24) is 14.8 Å². The summed E-state index contributed by atoms with van der Waals surface area (Å²) in [5.74, 6) is 0.721. The molecule has 3 aromatic rings. The maximum Gasteiger partial charge on any atom is 0.254 e. The molecule has 3 fully saturated rings. The predicted molar refractivity (Wildman–Crippen MR) is 111 cm³/mol. The second-order valence-corrected chi connectivity index (χ2v) is 8.12. The molecule has 3 aliphatic heterocycles. The van der Waals surface area contributed by atoms with E-state index in [1.807, 2.05) is 30.5 Å². The summed E-state index contributed by atoms with van der Waals surface area (Å²) in [6.07, 6.45) is 6.01. The number of amides is 1. The molecule has 4 heteroatoms. The molecule has 142 valence electrons. The van der Waals surface area contributed by atoms with Crippen molar-refractivity contribution in [3.8, 4) is 0 Å². The molecule has 2 atom stereocenters. The largest absolute Gasteiger partial charge is 0.337 e. The van der Waals surface area contributed by atoms with Crippen molar-refractivity contribution in [1.29, 1.82) is 0 Å². The van der Waals surface area contributed by atoms with Gasteiger partial charge in [0.15, 0.2) is 0 Å². The zero-order valence-corrected chi connectivity index (χ0v) is 16.0. The van der Waals surface area contributed by atoms with Gasteiger partial charge in [0.05, 0.1) is 0 Å². The summed E-state index contributed by atoms with van der Waals surface area (Å²) in [5, 5.41) is 2.03. The molecular weight excluding hydrogens is 346 g/mol. The normalized spacial score (nSPS) is 22.4. The molecular formula is C24H25N3O. The first-order chi connectivity index (χ1) is 13.8. The molecule has 1 amide bonds. The van der Waals surface area contributed by atoms with Crippen molar-refractivity contribution in [2.24, 2.45) is 5.92 Å². The van der Waals surface area contributed by atoms with Crippen molar-refractivity contribution >= 4 is 16.7 Å². The summed E-state index contributed by atoms with van der Waals surface area (Å²) in [7, 11) is 0. The summed E-state index contributed by atoms with van der Waals surface area (Å²) in [4.78, 5) is 22.3. The Bertz CT molecular complexity index is 982. The monoisotopic (exact) mass is 371 g/mol. The van der Waals surface area contributed by atoms with Gasteiger partial charge in [-0.15, -0.1) is 0 Å². The topological polar surface area (TPSA) is 36.4 Å². The molecule has 28 heavy (non-hydrogen) atoms. The zero-order chi connectivity index (χ0) is 18.9. The fourth-order valence-electron chi connectivity index (χ4n) is 4.84. The van der Waals surface area contributed by atoms with Crippen LogP contribution in [0.1, 0.15) is 28.8 Å². The van der Waals surface area contributed by atoms with Crippen LogP contribution in [0.15, 0.2) is 67.0 Å². The van der Waals surface area contributed by atoms with Gasteiger partial charge in [0.2, 0.25) is 0 Å². The van der Waals surface area contributed by atoms with E-state index in [0.29, 0.717) is 12.0 Å². The Hall–Kier alpha value is -2.72. The number of nitrogens with zero attached hydrogens (tertiary/aromatic N) is 3. The minimum atomic E-state index is 0.162. The lowest BCUT2D eigenvalue weighted by Crippen LogP contribution is -2.43. The Morgan fingerprint density at radius 2 is 1.86 bits per heavy atom. The number of carbonyl (C=O) groups excluding carboxylic acids is 1. The van der Waals surface area contributed by atoms with Gasteiger partial charge in [-0.1, -0.05) is 42.5 Å². The summed E-state index contributed by atoms with van der Waals surface area (Å²) in [6.45, 7) is 3.75. The van der Waals surface area contributed by atoms with E-state index in [-0.39, 0.29) is 5.91 Å². The van der Waals surface area contributed by atoms with E-state index in [4.69, 9.17) is 0 Å². The SMILES string of the molecule is O=C(c1cccc2cnccc12)N1C[C@H]2CC[C@@H](C1)N(Cc1ccccc1)C2. The van der Waals surface area contributed by atoms with Gasteiger partial charge in [0.1, 0.15) is 0 Å². The first kappa shape index (κ1) is 17.4. The average Bonchev–Trinajstić information content (AvgIpc) is 3.05. The van der Waals surface area contributed by atoms with Gasteiger partial charge >= 0.3 is 0 Å². The fraction of sp³-hybridized carbons (Fsp3) is 0.333. The van der Waals surface area contributed by atoms with Crippen LogP contribution in [0, 0.1) is 5.92 Å². The Labute approximate surface area is 165 Å². The van der Waals surface area contributed by atoms with E-state index in [0.717, 1.165) is 42.5 Å². The molecule has 0 N–H and O–H groups in total. The Balaban J connectivity index is 1.39. The summed E-state index contributed by atoms with van der Waals surface area (Å²) >= 11 is 0. The highest BCUT2D eigenvalue weighted by Crippen LogP contribution is 2.30. The van der Waals surface area contributed by atoms with Crippen LogP contribution < -0.4 is 0 Å². The smallest absolute Gasteiger partial charge is 0.254 e. The standard InChI is InChI=1S/C24H25N3O/c28-24(23-8-4-7-20-13-25-12-11-22(20)23)27-16-19-9-10-21(17-27)26(15-19)14-18-5-2-1-3-6-18/h1-8,11-13,19,21H,9-10,14-17H2/t19-,21-/m0/s1. The number of piperidine rings is 1. The summed E-state index contributed by atoms with van der Waals surface area (Å²) in [5.41, 5.74) is 2.16. The second-order valence-electron chi connectivity index (χ2n) is 8.12. The van der Waals surface area contributed by atoms with Crippen LogP contribution in [-0.4, -0.2) is 46.4 Å². The van der Waals surface area contributed by atoms with Gasteiger partial charge in [-0.3, -0.25) is 14.7 Å². The highest BCUT2D eigenvalue weighted by molar-refractivity contribution is 6.06. The summed E-state index contributed by atoms with van der Waals surface area (Å²) < 4.78 is 0. The Morgan fingerprint density at radius 1 is 0.964 bits per heavy atom. The van der Waals surface area contributed by atoms with Crippen LogP contribution in [0.3, 0.4) is 0 Å². The molecule has 2 bridgehead atoms. The predicted octanol–water partition coefficient (Wildman–Crippen LogP) is 3.97. The third kappa shape index (κ3) is 3.29. The minimum absolute atomic E-state index is 0.162. The lowest BCUT2D eigenvalue weighted by atomic mass is 9.94. The minimum Gasteiger partial charge on any atom is -0.337 e. The molecule has 0 radical (unpaired) electrons. The van der Waals surface area contributed by atoms with E-state index in [2.05, 4.69) is 45.1 Å². The van der Waals surface area contributed by atoms with Crippen molar-refractivity contribution in [2.75, 3.05) is 19.6 Å². The summed E-state index contributed by atoms with van der Waals surface area (Å²) in [6, 6.07) is 19.0. The molecule has 4 nitrogen and oxygen atoms in total. The number of fused-ring (bicyclic) bond motifs is 5. The van der Waals surface area contributed by atoms with Crippen LogP contribution in [0.4, 0.5) is 0 Å². The van der Waals surface area contributed by atoms with Gasteiger partial charge in [-0.2, -0.15) is 0 Å². The van der Waals surface area contributed by atoms with Crippen LogP contribution in [0.5, 0.6) is 0 Å². The molecule has 2 aromatic carbocycles. The Kier molecular flexibility index (Phi) is 4.57. The number of hydrogen-bond acceptors (Lipinski definition) is 3. The van der Waals surface area contributed by atoms with Gasteiger partial charge in [-0.25, -0.2) is 0 Å². The van der Waals surface area contributed by atoms with E-state index in [1.165, 1.54) is 18.4 Å². The molecule has 3 aliphatic rings. The number of benzene rings is 2. The third-order valence-electron chi connectivity index (χ3n) is 6.25. The maximum atomic E-state index is 13.4. The van der Waals surface area contributed by atoms with Crippen molar-refractivity contribution < 1.29 is 4.79 Å². The van der Waals surface area contributed by atoms with Crippen LogP contribution >= 0.6 is 0 Å². The maximum absolute atomic E-state index is 13.4. The van der Waals surface area contributed by atoms with Gasteiger partial charge in [-0.05, 0) is 41.8 Å². The van der Waals surface area contributed by atoms with E-state index in [9.17, 15) is 4.79 Å². The number of rotatable bonds is 3. The van der Waals surface area contributed by atoms with E-state index >= 15 is 0 Å². The first-order valence-corrected chi connectivity index (χ1v) is 10.2. The molecule has 0 spiro atoms. The lowest BCUT2D eigenvalue weighted by molar-refractivity contribution is 0.0738. The second kappa shape index (κ2) is 7.36. The molecule has 4 heterocycles. The van der Waals surface area contributed by atoms with Gasteiger partial charge in [0, 0.05) is 55.6 Å².